The van der Waals surface area contributed by atoms with Gasteiger partial charge in [0.1, 0.15) is 5.75 Å². The van der Waals surface area contributed by atoms with Crippen molar-refractivity contribution in [1.82, 2.24) is 0 Å². The van der Waals surface area contributed by atoms with Gasteiger partial charge in [-0.05, 0) is 103 Å². The summed E-state index contributed by atoms with van der Waals surface area (Å²) in [5, 5.41) is 9.69. The summed E-state index contributed by atoms with van der Waals surface area (Å²) < 4.78 is 6.60. The summed E-state index contributed by atoms with van der Waals surface area (Å²) in [6, 6.07) is 7.02. The lowest BCUT2D eigenvalue weighted by atomic mass is 9.55. The van der Waals surface area contributed by atoms with E-state index in [4.69, 9.17) is 4.43 Å². The quantitative estimate of drug-likeness (QED) is 0.435. The lowest BCUT2D eigenvalue weighted by Crippen LogP contribution is -2.44. The van der Waals surface area contributed by atoms with Crippen molar-refractivity contribution < 1.29 is 9.53 Å². The Morgan fingerprint density at radius 1 is 1.17 bits per heavy atom. The van der Waals surface area contributed by atoms with Gasteiger partial charge >= 0.3 is 0 Å². The lowest BCUT2D eigenvalue weighted by molar-refractivity contribution is 0.0810. The molecule has 4 rings (SSSR count). The van der Waals surface area contributed by atoms with E-state index < -0.39 is 8.32 Å². The zero-order valence-corrected chi connectivity index (χ0v) is 20.3. The molecule has 1 aromatic carbocycles. The number of aryl methyl sites for hydroxylation is 1. The summed E-state index contributed by atoms with van der Waals surface area (Å²) in [4.78, 5) is 0. The highest BCUT2D eigenvalue weighted by Gasteiger charge is 2.52. The van der Waals surface area contributed by atoms with Crippen LogP contribution in [0.1, 0.15) is 76.8 Å². The minimum atomic E-state index is -1.80. The largest absolute Gasteiger partial charge is 0.543 e. The number of fused-ring (bicyclic) bond motifs is 5. The Hall–Kier alpha value is -1.06. The van der Waals surface area contributed by atoms with Crippen molar-refractivity contribution in [3.05, 3.63) is 41.0 Å². The second-order valence-corrected chi connectivity index (χ2v) is 16.3. The molecule has 29 heavy (non-hydrogen) atoms. The van der Waals surface area contributed by atoms with E-state index in [1.807, 2.05) is 0 Å². The Bertz CT molecular complexity index is 803. The van der Waals surface area contributed by atoms with E-state index >= 15 is 0 Å². The smallest absolute Gasteiger partial charge is 0.250 e. The van der Waals surface area contributed by atoms with Gasteiger partial charge in [0.2, 0.25) is 8.32 Å². The second-order valence-electron chi connectivity index (χ2n) is 11.5. The number of benzene rings is 1. The number of aliphatic hydroxyl groups excluding tert-OH is 1. The number of allylic oxidation sites excluding steroid dienone is 1. The molecule has 2 fully saturated rings. The maximum atomic E-state index is 9.47. The predicted octanol–water partition coefficient (Wildman–Crippen LogP) is 6.85. The van der Waals surface area contributed by atoms with Gasteiger partial charge in [0.15, 0.2) is 0 Å². The Kier molecular flexibility index (Phi) is 5.31. The fourth-order valence-electron chi connectivity index (χ4n) is 6.36. The van der Waals surface area contributed by atoms with Gasteiger partial charge in [-0.3, -0.25) is 0 Å². The van der Waals surface area contributed by atoms with Crippen LogP contribution in [0.4, 0.5) is 0 Å². The summed E-state index contributed by atoms with van der Waals surface area (Å²) in [6.07, 6.45) is 9.68. The van der Waals surface area contributed by atoms with Crippen LogP contribution in [-0.4, -0.2) is 20.0 Å². The predicted molar refractivity (Wildman–Crippen MR) is 124 cm³/mol. The first-order chi connectivity index (χ1) is 13.6. The molecular formula is C26H40O2Si. The number of hydrogen-bond donors (Lipinski definition) is 1. The molecule has 3 heteroatoms. The fraction of sp³-hybridized carbons (Fsp3) is 0.692. The first kappa shape index (κ1) is 21.2. The summed E-state index contributed by atoms with van der Waals surface area (Å²) in [6.45, 7) is 14.3. The van der Waals surface area contributed by atoms with E-state index in [0.717, 1.165) is 17.6 Å². The standard InChI is InChI=1S/C26H40O2Si/c1-25(2,3)29(5,6)28-20-9-11-21-18(17-20)7-10-23-22(21)13-15-26(4)19(14-16-27)8-12-24(23)26/h9,11,14,17,22-24,27H,7-8,10,12-13,15-16H2,1-6H3/b19-14-/t22-,23-,24+,26-/m1/s1. The monoisotopic (exact) mass is 412 g/mol. The van der Waals surface area contributed by atoms with Crippen LogP contribution in [0.25, 0.3) is 0 Å². The highest BCUT2D eigenvalue weighted by Crippen LogP contribution is 2.62. The van der Waals surface area contributed by atoms with Crippen molar-refractivity contribution in [2.75, 3.05) is 6.61 Å². The van der Waals surface area contributed by atoms with Gasteiger partial charge in [0.25, 0.3) is 0 Å². The molecule has 1 aromatic rings. The summed E-state index contributed by atoms with van der Waals surface area (Å²) in [5.74, 6) is 3.39. The SMILES string of the molecule is CC(C)(C)[Si](C)(C)Oc1ccc2c(c1)CC[C@@H]1[C@@H]2CC[C@]2(C)/C(=C\CO)CC[C@@H]12. The molecule has 2 nitrogen and oxygen atoms in total. The fourth-order valence-corrected chi connectivity index (χ4v) is 7.39. The molecule has 0 radical (unpaired) electrons. The Morgan fingerprint density at radius 2 is 1.93 bits per heavy atom. The summed E-state index contributed by atoms with van der Waals surface area (Å²) >= 11 is 0. The molecule has 0 aliphatic heterocycles. The maximum absolute atomic E-state index is 9.47. The highest BCUT2D eigenvalue weighted by molar-refractivity contribution is 6.74. The zero-order chi connectivity index (χ0) is 21.0. The van der Waals surface area contributed by atoms with E-state index in [-0.39, 0.29) is 11.6 Å². The van der Waals surface area contributed by atoms with Crippen LogP contribution >= 0.6 is 0 Å². The van der Waals surface area contributed by atoms with Gasteiger partial charge in [-0.25, -0.2) is 0 Å². The maximum Gasteiger partial charge on any atom is 0.250 e. The topological polar surface area (TPSA) is 29.5 Å². The van der Waals surface area contributed by atoms with Crippen LogP contribution in [0.2, 0.25) is 18.1 Å². The van der Waals surface area contributed by atoms with Crippen molar-refractivity contribution in [3.63, 3.8) is 0 Å². The van der Waals surface area contributed by atoms with Gasteiger partial charge in [0.05, 0.1) is 6.61 Å². The van der Waals surface area contributed by atoms with Gasteiger partial charge < -0.3 is 9.53 Å². The minimum Gasteiger partial charge on any atom is -0.543 e. The van der Waals surface area contributed by atoms with E-state index in [0.29, 0.717) is 11.3 Å². The summed E-state index contributed by atoms with van der Waals surface area (Å²) in [7, 11) is -1.80. The Balaban J connectivity index is 1.58. The van der Waals surface area contributed by atoms with Crippen LogP contribution in [0, 0.1) is 17.3 Å². The molecule has 1 N–H and O–H groups in total. The van der Waals surface area contributed by atoms with E-state index in [9.17, 15) is 5.11 Å². The molecule has 0 amide bonds. The third-order valence-corrected chi connectivity index (χ3v) is 13.4. The van der Waals surface area contributed by atoms with Crippen molar-refractivity contribution in [3.8, 4) is 5.75 Å². The average molecular weight is 413 g/mol. The summed E-state index contributed by atoms with van der Waals surface area (Å²) in [5.41, 5.74) is 5.00. The van der Waals surface area contributed by atoms with Crippen LogP contribution in [0.15, 0.2) is 29.8 Å². The second kappa shape index (κ2) is 7.27. The normalized spacial score (nSPS) is 33.2. The lowest BCUT2D eigenvalue weighted by Gasteiger charge is -2.49. The average Bonchev–Trinajstić information content (AvgIpc) is 2.97. The molecule has 2 saturated carbocycles. The molecule has 0 aromatic heterocycles. The number of aliphatic hydroxyl groups is 1. The van der Waals surface area contributed by atoms with Crippen molar-refractivity contribution in [2.24, 2.45) is 17.3 Å². The van der Waals surface area contributed by atoms with Crippen LogP contribution < -0.4 is 4.43 Å². The Labute approximate surface area is 178 Å². The first-order valence-electron chi connectivity index (χ1n) is 11.7. The van der Waals surface area contributed by atoms with Gasteiger partial charge in [-0.1, -0.05) is 45.4 Å². The third-order valence-electron chi connectivity index (χ3n) is 9.06. The van der Waals surface area contributed by atoms with Crippen molar-refractivity contribution in [1.29, 1.82) is 0 Å². The minimum absolute atomic E-state index is 0.200. The van der Waals surface area contributed by atoms with E-state index in [2.05, 4.69) is 65.1 Å². The zero-order valence-electron chi connectivity index (χ0n) is 19.3. The highest BCUT2D eigenvalue weighted by atomic mass is 28.4. The molecule has 0 unspecified atom stereocenters. The molecule has 0 spiro atoms. The van der Waals surface area contributed by atoms with E-state index in [1.54, 1.807) is 5.56 Å². The molecule has 0 heterocycles. The van der Waals surface area contributed by atoms with Crippen LogP contribution in [0.3, 0.4) is 0 Å². The molecule has 4 atom stereocenters. The first-order valence-corrected chi connectivity index (χ1v) is 14.6. The van der Waals surface area contributed by atoms with Crippen molar-refractivity contribution in [2.45, 2.75) is 90.3 Å². The molecule has 0 bridgehead atoms. The van der Waals surface area contributed by atoms with E-state index in [1.165, 1.54) is 49.7 Å². The third kappa shape index (κ3) is 3.52. The van der Waals surface area contributed by atoms with Crippen LogP contribution in [-0.2, 0) is 6.42 Å². The molecule has 160 valence electrons. The molecule has 0 saturated heterocycles. The van der Waals surface area contributed by atoms with Gasteiger partial charge in [-0.15, -0.1) is 0 Å². The molecule has 3 aliphatic rings. The van der Waals surface area contributed by atoms with Crippen LogP contribution in [0.5, 0.6) is 5.75 Å². The van der Waals surface area contributed by atoms with Gasteiger partial charge in [0, 0.05) is 0 Å². The van der Waals surface area contributed by atoms with Crippen molar-refractivity contribution >= 4 is 8.32 Å². The number of rotatable bonds is 3. The number of hydrogen-bond acceptors (Lipinski definition) is 2. The molecule has 3 aliphatic carbocycles. The van der Waals surface area contributed by atoms with Gasteiger partial charge in [-0.2, -0.15) is 0 Å². The molecular weight excluding hydrogens is 372 g/mol. The Morgan fingerprint density at radius 3 is 2.62 bits per heavy atom.